The van der Waals surface area contributed by atoms with Gasteiger partial charge in [-0.15, -0.1) is 0 Å². The minimum Gasteiger partial charge on any atom is -0.393 e. The van der Waals surface area contributed by atoms with Crippen LogP contribution >= 0.6 is 15.9 Å². The first-order chi connectivity index (χ1) is 10.4. The van der Waals surface area contributed by atoms with E-state index in [4.69, 9.17) is 0 Å². The van der Waals surface area contributed by atoms with Crippen LogP contribution in [0.25, 0.3) is 0 Å². The Bertz CT molecular complexity index is 492. The number of hydrogen-bond acceptors (Lipinski definition) is 2. The highest BCUT2D eigenvalue weighted by atomic mass is 79.9. The van der Waals surface area contributed by atoms with Crippen LogP contribution in [0.1, 0.15) is 65.2 Å². The summed E-state index contributed by atoms with van der Waals surface area (Å²) in [6.07, 6.45) is 8.90. The van der Waals surface area contributed by atoms with E-state index in [9.17, 15) is 9.90 Å². The first-order valence-electron chi connectivity index (χ1n) is 9.23. The summed E-state index contributed by atoms with van der Waals surface area (Å²) in [5, 5.41) is 10.5. The van der Waals surface area contributed by atoms with Crippen LogP contribution < -0.4 is 0 Å². The first-order valence-corrected chi connectivity index (χ1v) is 10.1. The monoisotopic (exact) mass is 368 g/mol. The molecule has 0 aliphatic heterocycles. The minimum absolute atomic E-state index is 0.0826. The molecule has 0 amide bonds. The van der Waals surface area contributed by atoms with Gasteiger partial charge in [-0.25, -0.2) is 0 Å². The van der Waals surface area contributed by atoms with Gasteiger partial charge in [0.25, 0.3) is 0 Å². The first kappa shape index (κ1) is 15.6. The largest absolute Gasteiger partial charge is 0.393 e. The number of aliphatic hydroxyl groups excluding tert-OH is 1. The van der Waals surface area contributed by atoms with Crippen LogP contribution in [0, 0.1) is 34.5 Å². The van der Waals surface area contributed by atoms with E-state index in [0.29, 0.717) is 23.0 Å². The van der Waals surface area contributed by atoms with E-state index < -0.39 is 0 Å². The molecule has 0 saturated heterocycles. The number of hydrogen-bond donors (Lipinski definition) is 1. The number of aliphatic hydroxyl groups is 1. The Morgan fingerprint density at radius 2 is 1.64 bits per heavy atom. The second-order valence-corrected chi connectivity index (χ2v) is 10.1. The average Bonchev–Trinajstić information content (AvgIpc) is 2.79. The third-order valence-corrected chi connectivity index (χ3v) is 9.61. The second kappa shape index (κ2) is 5.05. The molecule has 0 radical (unpaired) electrons. The van der Waals surface area contributed by atoms with Gasteiger partial charge in [0.05, 0.1) is 10.9 Å². The van der Waals surface area contributed by atoms with Crippen molar-refractivity contribution in [3.63, 3.8) is 0 Å². The zero-order valence-electron chi connectivity index (χ0n) is 13.9. The summed E-state index contributed by atoms with van der Waals surface area (Å²) >= 11 is 3.73. The van der Waals surface area contributed by atoms with Gasteiger partial charge in [-0.1, -0.05) is 29.8 Å². The van der Waals surface area contributed by atoms with Crippen LogP contribution in [0.2, 0.25) is 0 Å². The van der Waals surface area contributed by atoms with Crippen molar-refractivity contribution in [2.24, 2.45) is 34.5 Å². The molecule has 4 rings (SSSR count). The van der Waals surface area contributed by atoms with Gasteiger partial charge >= 0.3 is 0 Å². The van der Waals surface area contributed by atoms with Gasteiger partial charge in [-0.3, -0.25) is 4.79 Å². The Morgan fingerprint density at radius 1 is 0.955 bits per heavy atom. The fraction of sp³-hybridized carbons (Fsp3) is 0.947. The summed E-state index contributed by atoms with van der Waals surface area (Å²) in [6, 6.07) is 0. The number of ketones is 1. The molecule has 0 aromatic carbocycles. The maximum absolute atomic E-state index is 12.1. The highest BCUT2D eigenvalue weighted by Gasteiger charge is 2.61. The number of alkyl halides is 1. The van der Waals surface area contributed by atoms with E-state index in [2.05, 4.69) is 29.8 Å². The SMILES string of the molecule is C[C@]12CCC(=O)[C@@H](Br)[C@H]1CC[C@@H]1[C@@H]2CC[C@]2(C)[C@H](O)CC[C@@H]12. The molecule has 4 saturated carbocycles. The summed E-state index contributed by atoms with van der Waals surface area (Å²) in [4.78, 5) is 12.2. The van der Waals surface area contributed by atoms with Crippen molar-refractivity contribution in [2.45, 2.75) is 76.1 Å². The van der Waals surface area contributed by atoms with Gasteiger partial charge in [0.2, 0.25) is 0 Å². The van der Waals surface area contributed by atoms with E-state index in [-0.39, 0.29) is 16.3 Å². The van der Waals surface area contributed by atoms with Gasteiger partial charge < -0.3 is 5.11 Å². The number of Topliss-reactive ketones (excluding diaryl/α,β-unsaturated/α-hetero) is 1. The van der Waals surface area contributed by atoms with Gasteiger partial charge in [0.15, 0.2) is 0 Å². The summed E-state index contributed by atoms with van der Waals surface area (Å²) < 4.78 is 0. The van der Waals surface area contributed by atoms with Crippen LogP contribution in [0.15, 0.2) is 0 Å². The zero-order chi connectivity index (χ0) is 15.7. The molecule has 0 heterocycles. The fourth-order valence-electron chi connectivity index (χ4n) is 7.06. The van der Waals surface area contributed by atoms with Crippen LogP contribution in [0.5, 0.6) is 0 Å². The van der Waals surface area contributed by atoms with Crippen LogP contribution in [0.4, 0.5) is 0 Å². The normalized spacial score (nSPS) is 57.9. The summed E-state index contributed by atoms with van der Waals surface area (Å²) in [5.74, 6) is 3.22. The lowest BCUT2D eigenvalue weighted by atomic mass is 9.45. The van der Waals surface area contributed by atoms with Gasteiger partial charge in [0, 0.05) is 6.42 Å². The molecule has 0 unspecified atom stereocenters. The molecule has 1 N–H and O–H groups in total. The smallest absolute Gasteiger partial charge is 0.146 e. The molecule has 0 aromatic heterocycles. The predicted octanol–water partition coefficient (Wildman–Crippen LogP) is 4.33. The maximum Gasteiger partial charge on any atom is 0.146 e. The lowest BCUT2D eigenvalue weighted by Crippen LogP contribution is -2.56. The van der Waals surface area contributed by atoms with E-state index in [1.54, 1.807) is 0 Å². The van der Waals surface area contributed by atoms with E-state index in [1.165, 1.54) is 32.1 Å². The van der Waals surface area contributed by atoms with Crippen LogP contribution in [0.3, 0.4) is 0 Å². The molecule has 4 aliphatic rings. The topological polar surface area (TPSA) is 37.3 Å². The Labute approximate surface area is 142 Å². The molecule has 124 valence electrons. The second-order valence-electron chi connectivity index (χ2n) is 9.07. The Kier molecular flexibility index (Phi) is 3.59. The van der Waals surface area contributed by atoms with E-state index in [1.807, 2.05) is 0 Å². The van der Waals surface area contributed by atoms with Crippen molar-refractivity contribution in [1.29, 1.82) is 0 Å². The van der Waals surface area contributed by atoms with Crippen molar-refractivity contribution in [3.05, 3.63) is 0 Å². The summed E-state index contributed by atoms with van der Waals surface area (Å²) in [6.45, 7) is 4.82. The van der Waals surface area contributed by atoms with Crippen molar-refractivity contribution in [1.82, 2.24) is 0 Å². The fourth-order valence-corrected chi connectivity index (χ4v) is 8.16. The highest BCUT2D eigenvalue weighted by Crippen LogP contribution is 2.66. The minimum atomic E-state index is -0.0826. The standard InChI is InChI=1S/C19H29BrO2/c1-18-10-8-15(21)17(20)14(18)4-3-11-12-5-6-16(22)19(12,2)9-7-13(11)18/h11-14,16-17,22H,3-10H2,1-2H3/t11-,12-,13-,14+,16+,17-,18+,19-/m0/s1. The van der Waals surface area contributed by atoms with Gasteiger partial charge in [0.1, 0.15) is 5.78 Å². The number of halogens is 1. The molecule has 0 spiro atoms. The molecular formula is C19H29BrO2. The van der Waals surface area contributed by atoms with Crippen molar-refractivity contribution >= 4 is 21.7 Å². The molecule has 4 aliphatic carbocycles. The maximum atomic E-state index is 12.1. The number of rotatable bonds is 0. The van der Waals surface area contributed by atoms with E-state index in [0.717, 1.165) is 31.1 Å². The van der Waals surface area contributed by atoms with Crippen molar-refractivity contribution in [2.75, 3.05) is 0 Å². The Morgan fingerprint density at radius 3 is 2.41 bits per heavy atom. The summed E-state index contributed by atoms with van der Waals surface area (Å²) in [7, 11) is 0. The number of carbonyl (C=O) groups excluding carboxylic acids is 1. The lowest BCUT2D eigenvalue weighted by molar-refractivity contribution is -0.140. The van der Waals surface area contributed by atoms with Crippen LogP contribution in [-0.4, -0.2) is 21.8 Å². The third kappa shape index (κ3) is 1.90. The van der Waals surface area contributed by atoms with E-state index >= 15 is 0 Å². The van der Waals surface area contributed by atoms with Crippen molar-refractivity contribution < 1.29 is 9.90 Å². The molecule has 2 nitrogen and oxygen atoms in total. The highest BCUT2D eigenvalue weighted by molar-refractivity contribution is 9.10. The molecule has 22 heavy (non-hydrogen) atoms. The Hall–Kier alpha value is 0.110. The number of fused-ring (bicyclic) bond motifs is 5. The third-order valence-electron chi connectivity index (χ3n) is 8.46. The molecule has 8 atom stereocenters. The lowest BCUT2D eigenvalue weighted by Gasteiger charge is -2.60. The molecule has 3 heteroatoms. The zero-order valence-corrected chi connectivity index (χ0v) is 15.4. The molecule has 0 bridgehead atoms. The predicted molar refractivity (Wildman–Crippen MR) is 90.8 cm³/mol. The van der Waals surface area contributed by atoms with Crippen molar-refractivity contribution in [3.8, 4) is 0 Å². The quantitative estimate of drug-likeness (QED) is 0.646. The molecular weight excluding hydrogens is 340 g/mol. The average molecular weight is 369 g/mol. The Balaban J connectivity index is 1.65. The van der Waals surface area contributed by atoms with Crippen LogP contribution in [-0.2, 0) is 4.79 Å². The van der Waals surface area contributed by atoms with Gasteiger partial charge in [-0.2, -0.15) is 0 Å². The molecule has 0 aromatic rings. The summed E-state index contributed by atoms with van der Waals surface area (Å²) in [5.41, 5.74) is 0.502. The molecule has 4 fully saturated rings. The number of carbonyl (C=O) groups is 1. The van der Waals surface area contributed by atoms with Gasteiger partial charge in [-0.05, 0) is 79.4 Å².